The lowest BCUT2D eigenvalue weighted by Crippen LogP contribution is -2.22. The molecule has 0 atom stereocenters. The first kappa shape index (κ1) is 11.4. The summed E-state index contributed by atoms with van der Waals surface area (Å²) in [7, 11) is 0. The molecule has 0 bridgehead atoms. The third-order valence-corrected chi connectivity index (χ3v) is 1.36. The molecule has 0 N–H and O–H groups in total. The SMILES string of the molecule is CC(C)(C)OC(=O)C=Cc1ncccn1. The van der Waals surface area contributed by atoms with Gasteiger partial charge in [-0.05, 0) is 32.9 Å². The van der Waals surface area contributed by atoms with Gasteiger partial charge >= 0.3 is 5.97 Å². The number of hydrogen-bond acceptors (Lipinski definition) is 4. The maximum atomic E-state index is 11.3. The van der Waals surface area contributed by atoms with Crippen LogP contribution in [-0.2, 0) is 9.53 Å². The third-order valence-electron chi connectivity index (χ3n) is 1.36. The van der Waals surface area contributed by atoms with E-state index in [2.05, 4.69) is 9.97 Å². The first-order chi connectivity index (χ1) is 6.97. The smallest absolute Gasteiger partial charge is 0.331 e. The molecule has 0 aliphatic rings. The Balaban J connectivity index is 2.56. The fourth-order valence-corrected chi connectivity index (χ4v) is 0.875. The molecule has 1 heterocycles. The highest BCUT2D eigenvalue weighted by Crippen LogP contribution is 2.07. The van der Waals surface area contributed by atoms with Gasteiger partial charge in [-0.15, -0.1) is 0 Å². The lowest BCUT2D eigenvalue weighted by atomic mass is 10.2. The molecule has 0 unspecified atom stereocenters. The summed E-state index contributed by atoms with van der Waals surface area (Å²) in [6.45, 7) is 5.45. The van der Waals surface area contributed by atoms with Crippen LogP contribution in [0.1, 0.15) is 26.6 Å². The van der Waals surface area contributed by atoms with Crippen LogP contribution in [0.4, 0.5) is 0 Å². The van der Waals surface area contributed by atoms with Crippen molar-refractivity contribution in [3.63, 3.8) is 0 Å². The molecule has 1 aromatic rings. The number of ether oxygens (including phenoxy) is 1. The van der Waals surface area contributed by atoms with Crippen LogP contribution in [-0.4, -0.2) is 21.5 Å². The molecule has 0 saturated carbocycles. The van der Waals surface area contributed by atoms with Gasteiger partial charge in [0.2, 0.25) is 0 Å². The fraction of sp³-hybridized carbons (Fsp3) is 0.364. The summed E-state index contributed by atoms with van der Waals surface area (Å²) in [4.78, 5) is 19.2. The zero-order valence-electron chi connectivity index (χ0n) is 9.10. The number of esters is 1. The maximum absolute atomic E-state index is 11.3. The van der Waals surface area contributed by atoms with E-state index < -0.39 is 11.6 Å². The van der Waals surface area contributed by atoms with E-state index in [1.165, 1.54) is 12.2 Å². The second kappa shape index (κ2) is 4.68. The van der Waals surface area contributed by atoms with Gasteiger partial charge in [-0.1, -0.05) is 0 Å². The van der Waals surface area contributed by atoms with Gasteiger partial charge in [-0.25, -0.2) is 14.8 Å². The standard InChI is InChI=1S/C11H14N2O2/c1-11(2,3)15-10(14)6-5-9-12-7-4-8-13-9/h4-8H,1-3H3. The topological polar surface area (TPSA) is 52.1 Å². The van der Waals surface area contributed by atoms with Crippen molar-refractivity contribution in [2.75, 3.05) is 0 Å². The molecule has 0 aliphatic carbocycles. The van der Waals surface area contributed by atoms with Crippen LogP contribution < -0.4 is 0 Å². The second-order valence-corrected chi connectivity index (χ2v) is 3.97. The van der Waals surface area contributed by atoms with Crippen molar-refractivity contribution < 1.29 is 9.53 Å². The van der Waals surface area contributed by atoms with Gasteiger partial charge in [-0.2, -0.15) is 0 Å². The predicted molar refractivity (Wildman–Crippen MR) is 56.9 cm³/mol. The summed E-state index contributed by atoms with van der Waals surface area (Å²) >= 11 is 0. The van der Waals surface area contributed by atoms with Crippen LogP contribution in [0, 0.1) is 0 Å². The Kier molecular flexibility index (Phi) is 3.55. The van der Waals surface area contributed by atoms with Gasteiger partial charge < -0.3 is 4.74 Å². The van der Waals surface area contributed by atoms with E-state index in [0.717, 1.165) is 0 Å². The number of carbonyl (C=O) groups excluding carboxylic acids is 1. The summed E-state index contributed by atoms with van der Waals surface area (Å²) in [6.07, 6.45) is 6.07. The van der Waals surface area contributed by atoms with E-state index in [1.807, 2.05) is 20.8 Å². The summed E-state index contributed by atoms with van der Waals surface area (Å²) in [5.74, 6) is 0.0957. The van der Waals surface area contributed by atoms with E-state index in [9.17, 15) is 4.79 Å². The first-order valence-electron chi connectivity index (χ1n) is 4.65. The average Bonchev–Trinajstić information content (AvgIpc) is 2.14. The molecular weight excluding hydrogens is 192 g/mol. The summed E-state index contributed by atoms with van der Waals surface area (Å²) in [6, 6.07) is 1.71. The Morgan fingerprint density at radius 3 is 2.47 bits per heavy atom. The van der Waals surface area contributed by atoms with Gasteiger partial charge in [0.15, 0.2) is 5.82 Å². The Labute approximate surface area is 89.0 Å². The Bertz CT molecular complexity index is 353. The average molecular weight is 206 g/mol. The number of nitrogens with zero attached hydrogens (tertiary/aromatic N) is 2. The molecule has 0 spiro atoms. The molecule has 80 valence electrons. The van der Waals surface area contributed by atoms with E-state index in [0.29, 0.717) is 5.82 Å². The van der Waals surface area contributed by atoms with E-state index in [1.54, 1.807) is 18.5 Å². The minimum absolute atomic E-state index is 0.394. The van der Waals surface area contributed by atoms with Crippen molar-refractivity contribution in [1.29, 1.82) is 0 Å². The van der Waals surface area contributed by atoms with Crippen LogP contribution in [0.2, 0.25) is 0 Å². The van der Waals surface area contributed by atoms with Crippen LogP contribution in [0.5, 0.6) is 0 Å². The van der Waals surface area contributed by atoms with Crippen molar-refractivity contribution >= 4 is 12.0 Å². The molecule has 0 amide bonds. The van der Waals surface area contributed by atoms with Crippen molar-refractivity contribution in [2.24, 2.45) is 0 Å². The van der Waals surface area contributed by atoms with Crippen LogP contribution >= 0.6 is 0 Å². The second-order valence-electron chi connectivity index (χ2n) is 3.97. The number of rotatable bonds is 2. The Morgan fingerprint density at radius 1 is 1.33 bits per heavy atom. The molecule has 0 radical (unpaired) electrons. The molecule has 0 saturated heterocycles. The first-order valence-corrected chi connectivity index (χ1v) is 4.65. The largest absolute Gasteiger partial charge is 0.457 e. The van der Waals surface area contributed by atoms with Crippen molar-refractivity contribution in [3.05, 3.63) is 30.4 Å². The maximum Gasteiger partial charge on any atom is 0.331 e. The van der Waals surface area contributed by atoms with E-state index in [-0.39, 0.29) is 0 Å². The van der Waals surface area contributed by atoms with Gasteiger partial charge in [0.25, 0.3) is 0 Å². The molecule has 0 aromatic carbocycles. The van der Waals surface area contributed by atoms with Crippen LogP contribution in [0.15, 0.2) is 24.5 Å². The third kappa shape index (κ3) is 4.90. The fourth-order valence-electron chi connectivity index (χ4n) is 0.875. The highest BCUT2D eigenvalue weighted by Gasteiger charge is 2.13. The summed E-state index contributed by atoms with van der Waals surface area (Å²) in [5, 5.41) is 0. The highest BCUT2D eigenvalue weighted by atomic mass is 16.6. The molecule has 0 aliphatic heterocycles. The molecular formula is C11H14N2O2. The van der Waals surface area contributed by atoms with Crippen molar-refractivity contribution in [3.8, 4) is 0 Å². The van der Waals surface area contributed by atoms with E-state index in [4.69, 9.17) is 4.74 Å². The zero-order chi connectivity index (χ0) is 11.3. The predicted octanol–water partition coefficient (Wildman–Crippen LogP) is 1.83. The molecule has 1 rings (SSSR count). The van der Waals surface area contributed by atoms with Gasteiger partial charge in [0, 0.05) is 18.5 Å². The number of carbonyl (C=O) groups is 1. The number of hydrogen-bond donors (Lipinski definition) is 0. The highest BCUT2D eigenvalue weighted by molar-refractivity contribution is 5.86. The van der Waals surface area contributed by atoms with Gasteiger partial charge in [-0.3, -0.25) is 0 Å². The molecule has 4 nitrogen and oxygen atoms in total. The van der Waals surface area contributed by atoms with Gasteiger partial charge in [0.05, 0.1) is 0 Å². The van der Waals surface area contributed by atoms with Crippen molar-refractivity contribution in [1.82, 2.24) is 9.97 Å². The molecule has 0 fully saturated rings. The van der Waals surface area contributed by atoms with Crippen molar-refractivity contribution in [2.45, 2.75) is 26.4 Å². The van der Waals surface area contributed by atoms with Crippen LogP contribution in [0.25, 0.3) is 6.08 Å². The van der Waals surface area contributed by atoms with Gasteiger partial charge in [0.1, 0.15) is 5.60 Å². The minimum atomic E-state index is -0.473. The lowest BCUT2D eigenvalue weighted by molar-refractivity contribution is -0.148. The molecule has 4 heteroatoms. The van der Waals surface area contributed by atoms with E-state index >= 15 is 0 Å². The quantitative estimate of drug-likeness (QED) is 0.547. The molecule has 1 aromatic heterocycles. The summed E-state index contributed by atoms with van der Waals surface area (Å²) < 4.78 is 5.08. The lowest BCUT2D eigenvalue weighted by Gasteiger charge is -2.17. The zero-order valence-corrected chi connectivity index (χ0v) is 9.10. The molecule has 15 heavy (non-hydrogen) atoms. The van der Waals surface area contributed by atoms with Crippen LogP contribution in [0.3, 0.4) is 0 Å². The Morgan fingerprint density at radius 2 is 1.93 bits per heavy atom. The monoisotopic (exact) mass is 206 g/mol. The summed E-state index contributed by atoms with van der Waals surface area (Å²) in [5.41, 5.74) is -0.473. The normalized spacial score (nSPS) is 11.7. The Hall–Kier alpha value is -1.71. The number of aromatic nitrogens is 2. The minimum Gasteiger partial charge on any atom is -0.457 e.